The SMILES string of the molecule is CCOc1c(/C=C2/SC(=O)N(CC(=O)Nc3ccc(Cl)c(C(=O)OC)c3)C2=O)cccc1OC. The van der Waals surface area contributed by atoms with Gasteiger partial charge in [0.1, 0.15) is 6.54 Å². The normalized spacial score (nSPS) is 14.4. The number of anilines is 1. The van der Waals surface area contributed by atoms with Gasteiger partial charge in [-0.25, -0.2) is 4.79 Å². The Balaban J connectivity index is 1.76. The third-order valence-electron chi connectivity index (χ3n) is 4.64. The number of esters is 1. The summed E-state index contributed by atoms with van der Waals surface area (Å²) in [4.78, 5) is 50.6. The van der Waals surface area contributed by atoms with Crippen LogP contribution in [0.25, 0.3) is 6.08 Å². The number of hydrogen-bond acceptors (Lipinski definition) is 8. The Morgan fingerprint density at radius 3 is 2.62 bits per heavy atom. The summed E-state index contributed by atoms with van der Waals surface area (Å²) < 4.78 is 15.6. The first kappa shape index (κ1) is 25.1. The zero-order chi connectivity index (χ0) is 24.8. The molecule has 2 aromatic rings. The molecule has 3 rings (SSSR count). The number of imide groups is 1. The van der Waals surface area contributed by atoms with Crippen molar-refractivity contribution in [2.75, 3.05) is 32.7 Å². The standard InChI is InChI=1S/C23H21ClN2O7S/c1-4-33-20-13(6-5-7-17(20)31-2)10-18-21(28)26(23(30)34-18)12-19(27)25-14-8-9-16(24)15(11-14)22(29)32-3/h5-11H,4,12H2,1-3H3,(H,25,27)/b18-10+. The molecule has 0 aromatic heterocycles. The van der Waals surface area contributed by atoms with Crippen LogP contribution in [0.15, 0.2) is 41.3 Å². The average molecular weight is 505 g/mol. The lowest BCUT2D eigenvalue weighted by molar-refractivity contribution is -0.127. The van der Waals surface area contributed by atoms with Crippen molar-refractivity contribution in [1.29, 1.82) is 0 Å². The molecule has 0 atom stereocenters. The van der Waals surface area contributed by atoms with E-state index in [9.17, 15) is 19.2 Å². The Bertz CT molecular complexity index is 1180. The van der Waals surface area contributed by atoms with E-state index in [1.807, 2.05) is 6.92 Å². The second kappa shape index (κ2) is 11.1. The highest BCUT2D eigenvalue weighted by Crippen LogP contribution is 2.37. The van der Waals surface area contributed by atoms with Crippen molar-refractivity contribution in [3.8, 4) is 11.5 Å². The number of amides is 3. The number of hydrogen-bond donors (Lipinski definition) is 1. The van der Waals surface area contributed by atoms with Crippen LogP contribution in [-0.4, -0.2) is 55.3 Å². The molecule has 0 unspecified atom stereocenters. The van der Waals surface area contributed by atoms with Crippen LogP contribution in [-0.2, 0) is 14.3 Å². The lowest BCUT2D eigenvalue weighted by Gasteiger charge is -2.13. The predicted octanol–water partition coefficient (Wildman–Crippen LogP) is 4.21. The summed E-state index contributed by atoms with van der Waals surface area (Å²) in [5, 5.41) is 2.12. The second-order valence-corrected chi connectivity index (χ2v) is 8.21. The van der Waals surface area contributed by atoms with Crippen LogP contribution in [0.4, 0.5) is 10.5 Å². The van der Waals surface area contributed by atoms with Crippen molar-refractivity contribution in [2.45, 2.75) is 6.92 Å². The van der Waals surface area contributed by atoms with Gasteiger partial charge in [0.2, 0.25) is 5.91 Å². The number of nitrogens with zero attached hydrogens (tertiary/aromatic N) is 1. The number of benzene rings is 2. The summed E-state index contributed by atoms with van der Waals surface area (Å²) in [6.45, 7) is 1.69. The van der Waals surface area contributed by atoms with E-state index in [0.717, 1.165) is 16.7 Å². The van der Waals surface area contributed by atoms with E-state index in [4.69, 9.17) is 21.1 Å². The quantitative estimate of drug-likeness (QED) is 0.420. The maximum absolute atomic E-state index is 12.8. The van der Waals surface area contributed by atoms with Crippen LogP contribution in [0, 0.1) is 0 Å². The molecule has 3 amide bonds. The molecule has 1 saturated heterocycles. The number of carbonyl (C=O) groups excluding carboxylic acids is 4. The smallest absolute Gasteiger partial charge is 0.339 e. The maximum Gasteiger partial charge on any atom is 0.339 e. The fourth-order valence-corrected chi connectivity index (χ4v) is 4.12. The predicted molar refractivity (Wildman–Crippen MR) is 128 cm³/mol. The Kier molecular flexibility index (Phi) is 8.19. The summed E-state index contributed by atoms with van der Waals surface area (Å²) in [6, 6.07) is 9.45. The molecule has 2 aromatic carbocycles. The molecule has 0 bridgehead atoms. The van der Waals surface area contributed by atoms with Gasteiger partial charge >= 0.3 is 5.97 Å². The van der Waals surface area contributed by atoms with Crippen LogP contribution in [0.1, 0.15) is 22.8 Å². The van der Waals surface area contributed by atoms with Gasteiger partial charge in [-0.1, -0.05) is 23.7 Å². The first-order chi connectivity index (χ1) is 16.3. The van der Waals surface area contributed by atoms with E-state index >= 15 is 0 Å². The molecular weight excluding hydrogens is 484 g/mol. The summed E-state index contributed by atoms with van der Waals surface area (Å²) in [5.74, 6) is -0.967. The van der Waals surface area contributed by atoms with Gasteiger partial charge in [-0.15, -0.1) is 0 Å². The molecule has 0 saturated carbocycles. The lowest BCUT2D eigenvalue weighted by Crippen LogP contribution is -2.36. The van der Waals surface area contributed by atoms with E-state index in [1.54, 1.807) is 18.2 Å². The molecular formula is C23H21ClN2O7S. The highest BCUT2D eigenvalue weighted by atomic mass is 35.5. The number of methoxy groups -OCH3 is 2. The van der Waals surface area contributed by atoms with Crippen LogP contribution in [0.3, 0.4) is 0 Å². The molecule has 1 aliphatic heterocycles. The Morgan fingerprint density at radius 1 is 1.18 bits per heavy atom. The van der Waals surface area contributed by atoms with Crippen LogP contribution < -0.4 is 14.8 Å². The van der Waals surface area contributed by atoms with Crippen molar-refractivity contribution in [1.82, 2.24) is 4.90 Å². The van der Waals surface area contributed by atoms with Gasteiger partial charge in [0.05, 0.1) is 36.3 Å². The minimum atomic E-state index is -0.666. The van der Waals surface area contributed by atoms with Gasteiger partial charge in [-0.05, 0) is 49.0 Å². The van der Waals surface area contributed by atoms with E-state index in [-0.39, 0.29) is 21.2 Å². The summed E-state index contributed by atoms with van der Waals surface area (Å²) in [7, 11) is 2.71. The zero-order valence-corrected chi connectivity index (χ0v) is 20.1. The van der Waals surface area contributed by atoms with Crippen molar-refractivity contribution in [2.24, 2.45) is 0 Å². The monoisotopic (exact) mass is 504 g/mol. The lowest BCUT2D eigenvalue weighted by atomic mass is 10.1. The van der Waals surface area contributed by atoms with Gasteiger partial charge in [0.25, 0.3) is 11.1 Å². The first-order valence-electron chi connectivity index (χ1n) is 10.0. The third kappa shape index (κ3) is 5.52. The van der Waals surface area contributed by atoms with E-state index in [0.29, 0.717) is 23.7 Å². The van der Waals surface area contributed by atoms with Crippen LogP contribution in [0.5, 0.6) is 11.5 Å². The fourth-order valence-electron chi connectivity index (χ4n) is 3.10. The molecule has 34 heavy (non-hydrogen) atoms. The van der Waals surface area contributed by atoms with E-state index < -0.39 is 29.6 Å². The fraction of sp³-hybridized carbons (Fsp3) is 0.217. The van der Waals surface area contributed by atoms with Crippen molar-refractivity contribution in [3.05, 3.63) is 57.5 Å². The molecule has 0 radical (unpaired) electrons. The minimum Gasteiger partial charge on any atom is -0.493 e. The second-order valence-electron chi connectivity index (χ2n) is 6.81. The molecule has 1 fully saturated rings. The van der Waals surface area contributed by atoms with Gasteiger partial charge in [-0.2, -0.15) is 0 Å². The maximum atomic E-state index is 12.8. The van der Waals surface area contributed by atoms with Gasteiger partial charge < -0.3 is 19.5 Å². The minimum absolute atomic E-state index is 0.0689. The summed E-state index contributed by atoms with van der Waals surface area (Å²) in [5.41, 5.74) is 0.891. The Morgan fingerprint density at radius 2 is 1.94 bits per heavy atom. The highest BCUT2D eigenvalue weighted by molar-refractivity contribution is 8.18. The molecule has 0 spiro atoms. The summed E-state index contributed by atoms with van der Waals surface area (Å²) in [6.07, 6.45) is 1.53. The Labute approximate surface area is 205 Å². The van der Waals surface area contributed by atoms with Crippen LogP contribution in [0.2, 0.25) is 5.02 Å². The van der Waals surface area contributed by atoms with E-state index in [2.05, 4.69) is 10.1 Å². The van der Waals surface area contributed by atoms with Crippen molar-refractivity contribution in [3.63, 3.8) is 0 Å². The topological polar surface area (TPSA) is 111 Å². The largest absolute Gasteiger partial charge is 0.493 e. The van der Waals surface area contributed by atoms with Gasteiger partial charge in [0.15, 0.2) is 11.5 Å². The summed E-state index contributed by atoms with van der Waals surface area (Å²) >= 11 is 6.70. The average Bonchev–Trinajstić information content (AvgIpc) is 3.08. The van der Waals surface area contributed by atoms with E-state index in [1.165, 1.54) is 38.5 Å². The van der Waals surface area contributed by atoms with Gasteiger partial charge in [0, 0.05) is 11.3 Å². The molecule has 1 heterocycles. The van der Waals surface area contributed by atoms with Crippen molar-refractivity contribution >= 4 is 58.1 Å². The molecule has 1 N–H and O–H groups in total. The number of para-hydroxylation sites is 1. The molecule has 178 valence electrons. The number of halogens is 1. The number of nitrogens with one attached hydrogen (secondary N) is 1. The molecule has 0 aliphatic carbocycles. The number of thioether (sulfide) groups is 1. The molecule has 1 aliphatic rings. The third-order valence-corrected chi connectivity index (χ3v) is 5.87. The first-order valence-corrected chi connectivity index (χ1v) is 11.2. The zero-order valence-electron chi connectivity index (χ0n) is 18.5. The number of ether oxygens (including phenoxy) is 3. The van der Waals surface area contributed by atoms with Crippen LogP contribution >= 0.6 is 23.4 Å². The van der Waals surface area contributed by atoms with Crippen molar-refractivity contribution < 1.29 is 33.4 Å². The molecule has 11 heteroatoms. The number of rotatable bonds is 8. The number of carbonyl (C=O) groups is 4. The van der Waals surface area contributed by atoms with Gasteiger partial charge in [-0.3, -0.25) is 19.3 Å². The highest BCUT2D eigenvalue weighted by Gasteiger charge is 2.36. The Hall–Kier alpha value is -3.50. The molecule has 9 nitrogen and oxygen atoms in total.